The van der Waals surface area contributed by atoms with E-state index in [1.54, 1.807) is 24.2 Å². The van der Waals surface area contributed by atoms with Crippen molar-refractivity contribution in [2.45, 2.75) is 18.7 Å². The highest BCUT2D eigenvalue weighted by Crippen LogP contribution is 2.24. The Hall–Kier alpha value is -2.08. The quantitative estimate of drug-likeness (QED) is 0.799. The summed E-state index contributed by atoms with van der Waals surface area (Å²) in [5.41, 5.74) is 2.46. The molecule has 0 N–H and O–H groups in total. The van der Waals surface area contributed by atoms with Crippen molar-refractivity contribution in [1.29, 1.82) is 0 Å². The first-order valence-corrected chi connectivity index (χ1v) is 9.12. The van der Waals surface area contributed by atoms with Gasteiger partial charge in [0.15, 0.2) is 0 Å². The third kappa shape index (κ3) is 4.06. The van der Waals surface area contributed by atoms with Crippen LogP contribution in [0, 0.1) is 13.8 Å². The summed E-state index contributed by atoms with van der Waals surface area (Å²) in [6, 6.07) is 8.18. The Bertz CT molecular complexity index is 699. The van der Waals surface area contributed by atoms with E-state index in [4.69, 9.17) is 0 Å². The van der Waals surface area contributed by atoms with Gasteiger partial charge in [0.2, 0.25) is 11.9 Å². The SMILES string of the molecule is Cc1ccc(C)c(SCC(=O)N2CCN(c3ncccn3)CC2)c1. The van der Waals surface area contributed by atoms with Gasteiger partial charge in [-0.2, -0.15) is 0 Å². The van der Waals surface area contributed by atoms with Crippen LogP contribution < -0.4 is 4.90 Å². The highest BCUT2D eigenvalue weighted by molar-refractivity contribution is 8.00. The largest absolute Gasteiger partial charge is 0.338 e. The van der Waals surface area contributed by atoms with E-state index < -0.39 is 0 Å². The lowest BCUT2D eigenvalue weighted by atomic mass is 10.2. The second kappa shape index (κ2) is 7.66. The Balaban J connectivity index is 1.51. The molecule has 0 unspecified atom stereocenters. The molecule has 0 spiro atoms. The van der Waals surface area contributed by atoms with Crippen LogP contribution in [0.3, 0.4) is 0 Å². The average Bonchev–Trinajstić information content (AvgIpc) is 2.63. The second-order valence-electron chi connectivity index (χ2n) is 5.97. The molecule has 1 aromatic carbocycles. The summed E-state index contributed by atoms with van der Waals surface area (Å²) in [4.78, 5) is 26.3. The summed E-state index contributed by atoms with van der Waals surface area (Å²) < 4.78 is 0. The lowest BCUT2D eigenvalue weighted by Crippen LogP contribution is -2.49. The summed E-state index contributed by atoms with van der Waals surface area (Å²) in [7, 11) is 0. The topological polar surface area (TPSA) is 49.3 Å². The number of hydrogen-bond acceptors (Lipinski definition) is 5. The number of nitrogens with zero attached hydrogens (tertiary/aromatic N) is 4. The molecular weight excluding hydrogens is 320 g/mol. The molecule has 3 rings (SSSR count). The summed E-state index contributed by atoms with van der Waals surface area (Å²) >= 11 is 1.63. The Kier molecular flexibility index (Phi) is 5.35. The van der Waals surface area contributed by atoms with Crippen molar-refractivity contribution in [2.75, 3.05) is 36.8 Å². The van der Waals surface area contributed by atoms with Crippen LogP contribution in [0.5, 0.6) is 0 Å². The van der Waals surface area contributed by atoms with Crippen molar-refractivity contribution in [3.8, 4) is 0 Å². The number of thioether (sulfide) groups is 1. The zero-order valence-electron chi connectivity index (χ0n) is 14.1. The van der Waals surface area contributed by atoms with E-state index >= 15 is 0 Å². The van der Waals surface area contributed by atoms with Gasteiger partial charge in [-0.25, -0.2) is 9.97 Å². The van der Waals surface area contributed by atoms with Crippen LogP contribution in [0.4, 0.5) is 5.95 Å². The van der Waals surface area contributed by atoms with Gasteiger partial charge in [-0.1, -0.05) is 17.7 Å². The molecular formula is C18H22N4OS. The fourth-order valence-electron chi connectivity index (χ4n) is 2.70. The first-order chi connectivity index (χ1) is 11.6. The number of benzene rings is 1. The molecule has 126 valence electrons. The van der Waals surface area contributed by atoms with E-state index in [1.165, 1.54) is 16.0 Å². The lowest BCUT2D eigenvalue weighted by molar-refractivity contribution is -0.128. The number of hydrogen-bond donors (Lipinski definition) is 0. The molecule has 24 heavy (non-hydrogen) atoms. The molecule has 0 bridgehead atoms. The monoisotopic (exact) mass is 342 g/mol. The van der Waals surface area contributed by atoms with E-state index in [0.29, 0.717) is 5.75 Å². The van der Waals surface area contributed by atoms with Gasteiger partial charge in [-0.15, -0.1) is 11.8 Å². The maximum Gasteiger partial charge on any atom is 0.233 e. The fraction of sp³-hybridized carbons (Fsp3) is 0.389. The number of piperazine rings is 1. The number of aryl methyl sites for hydroxylation is 2. The Morgan fingerprint density at radius 3 is 2.54 bits per heavy atom. The minimum atomic E-state index is 0.203. The zero-order chi connectivity index (χ0) is 16.9. The molecule has 0 atom stereocenters. The van der Waals surface area contributed by atoms with Gasteiger partial charge in [0.25, 0.3) is 0 Å². The first-order valence-electron chi connectivity index (χ1n) is 8.13. The molecule has 1 aliphatic heterocycles. The first kappa shape index (κ1) is 16.8. The predicted octanol–water partition coefficient (Wildman–Crippen LogP) is 2.53. The Labute approximate surface area is 147 Å². The number of carbonyl (C=O) groups excluding carboxylic acids is 1. The van der Waals surface area contributed by atoms with Gasteiger partial charge in [0.05, 0.1) is 5.75 Å². The Morgan fingerprint density at radius 2 is 1.83 bits per heavy atom. The van der Waals surface area contributed by atoms with Crippen molar-refractivity contribution in [2.24, 2.45) is 0 Å². The number of rotatable bonds is 4. The molecule has 1 aliphatic rings. The van der Waals surface area contributed by atoms with Crippen molar-refractivity contribution in [3.63, 3.8) is 0 Å². The summed E-state index contributed by atoms with van der Waals surface area (Å²) in [5.74, 6) is 1.44. The average molecular weight is 342 g/mol. The van der Waals surface area contributed by atoms with Crippen LogP contribution >= 0.6 is 11.8 Å². The minimum absolute atomic E-state index is 0.203. The van der Waals surface area contributed by atoms with Crippen molar-refractivity contribution >= 4 is 23.6 Å². The van der Waals surface area contributed by atoms with Crippen LogP contribution in [0.25, 0.3) is 0 Å². The highest BCUT2D eigenvalue weighted by Gasteiger charge is 2.22. The van der Waals surface area contributed by atoms with E-state index in [9.17, 15) is 4.79 Å². The highest BCUT2D eigenvalue weighted by atomic mass is 32.2. The molecule has 0 saturated carbocycles. The standard InChI is InChI=1S/C18H22N4OS/c1-14-4-5-15(2)16(12-14)24-13-17(23)21-8-10-22(11-9-21)18-19-6-3-7-20-18/h3-7,12H,8-11,13H2,1-2H3. The van der Waals surface area contributed by atoms with E-state index in [-0.39, 0.29) is 5.91 Å². The molecule has 1 fully saturated rings. The number of aromatic nitrogens is 2. The van der Waals surface area contributed by atoms with Gasteiger partial charge < -0.3 is 9.80 Å². The van der Waals surface area contributed by atoms with Gasteiger partial charge in [0, 0.05) is 43.5 Å². The van der Waals surface area contributed by atoms with E-state index in [0.717, 1.165) is 32.1 Å². The molecule has 5 nitrogen and oxygen atoms in total. The Morgan fingerprint density at radius 1 is 1.12 bits per heavy atom. The van der Waals surface area contributed by atoms with Crippen molar-refractivity contribution < 1.29 is 4.79 Å². The zero-order valence-corrected chi connectivity index (χ0v) is 14.9. The molecule has 2 aromatic rings. The molecule has 1 saturated heterocycles. The van der Waals surface area contributed by atoms with Crippen molar-refractivity contribution in [3.05, 3.63) is 47.8 Å². The number of amides is 1. The van der Waals surface area contributed by atoms with Gasteiger partial charge in [-0.3, -0.25) is 4.79 Å². The summed E-state index contributed by atoms with van der Waals surface area (Å²) in [5, 5.41) is 0. The van der Waals surface area contributed by atoms with Crippen LogP contribution in [0.15, 0.2) is 41.6 Å². The van der Waals surface area contributed by atoms with E-state index in [2.05, 4.69) is 46.9 Å². The third-order valence-electron chi connectivity index (χ3n) is 4.16. The fourth-order valence-corrected chi connectivity index (χ4v) is 3.73. The van der Waals surface area contributed by atoms with E-state index in [1.807, 2.05) is 11.0 Å². The predicted molar refractivity (Wildman–Crippen MR) is 97.5 cm³/mol. The van der Waals surface area contributed by atoms with Crippen LogP contribution in [0.2, 0.25) is 0 Å². The molecule has 0 radical (unpaired) electrons. The van der Waals surface area contributed by atoms with Crippen LogP contribution in [-0.4, -0.2) is 52.7 Å². The summed E-state index contributed by atoms with van der Waals surface area (Å²) in [6.07, 6.45) is 3.50. The normalized spacial score (nSPS) is 14.8. The number of anilines is 1. The van der Waals surface area contributed by atoms with Gasteiger partial charge >= 0.3 is 0 Å². The van der Waals surface area contributed by atoms with Crippen LogP contribution in [0.1, 0.15) is 11.1 Å². The van der Waals surface area contributed by atoms with Gasteiger partial charge in [0.1, 0.15) is 0 Å². The number of carbonyl (C=O) groups is 1. The maximum atomic E-state index is 12.5. The van der Waals surface area contributed by atoms with Crippen molar-refractivity contribution in [1.82, 2.24) is 14.9 Å². The molecule has 0 aliphatic carbocycles. The maximum absolute atomic E-state index is 12.5. The molecule has 2 heterocycles. The van der Waals surface area contributed by atoms with Gasteiger partial charge in [-0.05, 0) is 31.5 Å². The second-order valence-corrected chi connectivity index (χ2v) is 6.99. The third-order valence-corrected chi connectivity index (χ3v) is 5.30. The summed E-state index contributed by atoms with van der Waals surface area (Å²) in [6.45, 7) is 7.18. The molecule has 1 amide bonds. The molecule has 6 heteroatoms. The van der Waals surface area contributed by atoms with Crippen LogP contribution in [-0.2, 0) is 4.79 Å². The smallest absolute Gasteiger partial charge is 0.233 e. The minimum Gasteiger partial charge on any atom is -0.338 e. The lowest BCUT2D eigenvalue weighted by Gasteiger charge is -2.34. The molecule has 1 aromatic heterocycles.